The van der Waals surface area contributed by atoms with E-state index >= 15 is 0 Å². The molecule has 1 aromatic rings. The fourth-order valence-electron chi connectivity index (χ4n) is 1.65. The van der Waals surface area contributed by atoms with Crippen molar-refractivity contribution in [1.82, 2.24) is 10.6 Å². The lowest BCUT2D eigenvalue weighted by molar-refractivity contribution is 0.158. The Morgan fingerprint density at radius 2 is 2.05 bits per heavy atom. The number of halogens is 3. The third-order valence-corrected chi connectivity index (χ3v) is 2.78. The van der Waals surface area contributed by atoms with Gasteiger partial charge in [0.25, 0.3) is 6.43 Å². The van der Waals surface area contributed by atoms with Crippen molar-refractivity contribution in [3.05, 3.63) is 35.1 Å². The molecule has 0 spiro atoms. The predicted octanol–water partition coefficient (Wildman–Crippen LogP) is 3.02. The predicted molar refractivity (Wildman–Crippen MR) is 74.7 cm³/mol. The molecule has 0 aliphatic carbocycles. The number of hydrogen-bond acceptors (Lipinski definition) is 1. The zero-order valence-corrected chi connectivity index (χ0v) is 11.9. The fourth-order valence-corrected chi connectivity index (χ4v) is 1.65. The summed E-state index contributed by atoms with van der Waals surface area (Å²) >= 11 is 0. The molecule has 1 atom stereocenters. The summed E-state index contributed by atoms with van der Waals surface area (Å²) in [5, 5.41) is 5.85. The van der Waals surface area contributed by atoms with Crippen LogP contribution in [0.15, 0.2) is 23.2 Å². The Morgan fingerprint density at radius 3 is 2.60 bits per heavy atom. The van der Waals surface area contributed by atoms with E-state index in [-0.39, 0.29) is 11.9 Å². The molecule has 0 bridgehead atoms. The molecule has 1 aromatic carbocycles. The van der Waals surface area contributed by atoms with E-state index < -0.39 is 13.0 Å². The molecule has 112 valence electrons. The van der Waals surface area contributed by atoms with Crippen LogP contribution in [0.25, 0.3) is 0 Å². The summed E-state index contributed by atoms with van der Waals surface area (Å²) in [7, 11) is 0. The second kappa shape index (κ2) is 7.77. The molecule has 6 heteroatoms. The summed E-state index contributed by atoms with van der Waals surface area (Å²) in [4.78, 5) is 3.77. The van der Waals surface area contributed by atoms with Gasteiger partial charge in [0, 0.05) is 6.54 Å². The first kappa shape index (κ1) is 16.3. The fraction of sp³-hybridized carbons (Fsp3) is 0.500. The highest BCUT2D eigenvalue weighted by molar-refractivity contribution is 5.80. The van der Waals surface area contributed by atoms with Crippen LogP contribution in [-0.4, -0.2) is 25.5 Å². The van der Waals surface area contributed by atoms with Crippen molar-refractivity contribution in [3.8, 4) is 0 Å². The van der Waals surface area contributed by atoms with Gasteiger partial charge in [-0.1, -0.05) is 12.1 Å². The van der Waals surface area contributed by atoms with Crippen LogP contribution in [0.5, 0.6) is 0 Å². The quantitative estimate of drug-likeness (QED) is 0.645. The van der Waals surface area contributed by atoms with Gasteiger partial charge in [-0.05, 0) is 38.0 Å². The molecule has 0 saturated carbocycles. The smallest absolute Gasteiger partial charge is 0.257 e. The van der Waals surface area contributed by atoms with Crippen LogP contribution >= 0.6 is 0 Å². The molecule has 2 N–H and O–H groups in total. The standard InChI is InChI=1S/C14H20F3N3/c1-4-18-14(19-8-13(16)17)20-10(3)11-6-5-9(2)12(15)7-11/h5-7,10,13H,4,8H2,1-3H3,(H2,18,19,20). The number of benzene rings is 1. The van der Waals surface area contributed by atoms with Crippen LogP contribution in [0.3, 0.4) is 0 Å². The first-order valence-corrected chi connectivity index (χ1v) is 6.53. The highest BCUT2D eigenvalue weighted by Crippen LogP contribution is 2.16. The molecule has 1 rings (SSSR count). The number of alkyl halides is 2. The van der Waals surface area contributed by atoms with Crippen LogP contribution in [0, 0.1) is 12.7 Å². The van der Waals surface area contributed by atoms with Gasteiger partial charge >= 0.3 is 0 Å². The van der Waals surface area contributed by atoms with E-state index in [4.69, 9.17) is 0 Å². The number of nitrogens with zero attached hydrogens (tertiary/aromatic N) is 1. The number of guanidine groups is 1. The SMILES string of the molecule is CCNC(=NCC(F)F)NC(C)c1ccc(C)c(F)c1. The van der Waals surface area contributed by atoms with Crippen LogP contribution in [-0.2, 0) is 0 Å². The average Bonchev–Trinajstić information content (AvgIpc) is 2.39. The summed E-state index contributed by atoms with van der Waals surface area (Å²) in [6.45, 7) is 5.34. The van der Waals surface area contributed by atoms with Gasteiger partial charge in [-0.15, -0.1) is 0 Å². The minimum absolute atomic E-state index is 0.236. The van der Waals surface area contributed by atoms with Gasteiger partial charge in [-0.2, -0.15) is 0 Å². The molecule has 3 nitrogen and oxygen atoms in total. The van der Waals surface area contributed by atoms with Crippen molar-refractivity contribution >= 4 is 5.96 Å². The van der Waals surface area contributed by atoms with Crippen molar-refractivity contribution in [2.45, 2.75) is 33.2 Å². The zero-order chi connectivity index (χ0) is 15.1. The molecule has 1 unspecified atom stereocenters. The maximum atomic E-state index is 13.5. The number of rotatable bonds is 5. The molecule has 0 aliphatic heterocycles. The Kier molecular flexibility index (Phi) is 6.35. The van der Waals surface area contributed by atoms with E-state index in [0.29, 0.717) is 18.1 Å². The molecule has 0 aliphatic rings. The van der Waals surface area contributed by atoms with Gasteiger partial charge in [0.05, 0.1) is 6.04 Å². The monoisotopic (exact) mass is 287 g/mol. The Balaban J connectivity index is 2.76. The molecular weight excluding hydrogens is 267 g/mol. The second-order valence-corrected chi connectivity index (χ2v) is 4.49. The number of aliphatic imine (C=N–C) groups is 1. The van der Waals surface area contributed by atoms with Crippen LogP contribution in [0.1, 0.15) is 31.0 Å². The van der Waals surface area contributed by atoms with Gasteiger partial charge in [0.15, 0.2) is 5.96 Å². The lowest BCUT2D eigenvalue weighted by atomic mass is 10.1. The molecule has 0 amide bonds. The maximum absolute atomic E-state index is 13.5. The first-order chi connectivity index (χ1) is 9.43. The normalized spacial score (nSPS) is 13.4. The second-order valence-electron chi connectivity index (χ2n) is 4.49. The zero-order valence-electron chi connectivity index (χ0n) is 11.9. The Morgan fingerprint density at radius 1 is 1.35 bits per heavy atom. The topological polar surface area (TPSA) is 36.4 Å². The minimum atomic E-state index is -2.49. The minimum Gasteiger partial charge on any atom is -0.357 e. The van der Waals surface area contributed by atoms with E-state index in [1.165, 1.54) is 6.07 Å². The third-order valence-electron chi connectivity index (χ3n) is 2.78. The lowest BCUT2D eigenvalue weighted by Crippen LogP contribution is -2.39. The van der Waals surface area contributed by atoms with E-state index in [1.807, 2.05) is 13.8 Å². The van der Waals surface area contributed by atoms with E-state index in [2.05, 4.69) is 15.6 Å². The molecule has 20 heavy (non-hydrogen) atoms. The van der Waals surface area contributed by atoms with Crippen molar-refractivity contribution in [2.75, 3.05) is 13.1 Å². The largest absolute Gasteiger partial charge is 0.357 e. The van der Waals surface area contributed by atoms with Gasteiger partial charge in [-0.3, -0.25) is 0 Å². The number of aryl methyl sites for hydroxylation is 1. The van der Waals surface area contributed by atoms with Gasteiger partial charge in [0.2, 0.25) is 0 Å². The summed E-state index contributed by atoms with van der Waals surface area (Å²) in [5.41, 5.74) is 1.30. The Hall–Kier alpha value is -1.72. The van der Waals surface area contributed by atoms with Crippen molar-refractivity contribution in [1.29, 1.82) is 0 Å². The molecular formula is C14H20F3N3. The van der Waals surface area contributed by atoms with Crippen LogP contribution in [0.4, 0.5) is 13.2 Å². The summed E-state index contributed by atoms with van der Waals surface area (Å²) < 4.78 is 37.9. The Bertz CT molecular complexity index is 461. The van der Waals surface area contributed by atoms with Crippen molar-refractivity contribution in [3.63, 3.8) is 0 Å². The number of hydrogen-bond donors (Lipinski definition) is 2. The molecule has 0 heterocycles. The summed E-state index contributed by atoms with van der Waals surface area (Å²) in [6.07, 6.45) is -2.49. The van der Waals surface area contributed by atoms with Crippen molar-refractivity contribution in [2.24, 2.45) is 4.99 Å². The average molecular weight is 287 g/mol. The number of nitrogens with one attached hydrogen (secondary N) is 2. The third kappa shape index (κ3) is 5.11. The molecule has 0 fully saturated rings. The van der Waals surface area contributed by atoms with Crippen LogP contribution in [0.2, 0.25) is 0 Å². The van der Waals surface area contributed by atoms with Gasteiger partial charge in [-0.25, -0.2) is 18.2 Å². The lowest BCUT2D eigenvalue weighted by Gasteiger charge is -2.18. The van der Waals surface area contributed by atoms with E-state index in [1.54, 1.807) is 19.1 Å². The van der Waals surface area contributed by atoms with E-state index in [9.17, 15) is 13.2 Å². The van der Waals surface area contributed by atoms with Gasteiger partial charge < -0.3 is 10.6 Å². The van der Waals surface area contributed by atoms with E-state index in [0.717, 1.165) is 5.56 Å². The van der Waals surface area contributed by atoms with Crippen LogP contribution < -0.4 is 10.6 Å². The van der Waals surface area contributed by atoms with Gasteiger partial charge in [0.1, 0.15) is 12.4 Å². The Labute approximate surface area is 117 Å². The molecule has 0 saturated heterocycles. The highest BCUT2D eigenvalue weighted by Gasteiger charge is 2.10. The maximum Gasteiger partial charge on any atom is 0.257 e. The molecule has 0 radical (unpaired) electrons. The summed E-state index contributed by atoms with van der Waals surface area (Å²) in [5.74, 6) is 0.00644. The molecule has 0 aromatic heterocycles. The first-order valence-electron chi connectivity index (χ1n) is 6.53. The highest BCUT2D eigenvalue weighted by atomic mass is 19.3. The van der Waals surface area contributed by atoms with Crippen molar-refractivity contribution < 1.29 is 13.2 Å². The summed E-state index contributed by atoms with van der Waals surface area (Å²) in [6, 6.07) is 4.68.